The van der Waals surface area contributed by atoms with Crippen LogP contribution in [0.5, 0.6) is 0 Å². The molecule has 1 saturated heterocycles. The molecule has 0 radical (unpaired) electrons. The average molecular weight is 206 g/mol. The van der Waals surface area contributed by atoms with Crippen LogP contribution in [-0.2, 0) is 4.74 Å². The Hall–Kier alpha value is -1.09. The third kappa shape index (κ3) is 2.48. The quantitative estimate of drug-likeness (QED) is 0.740. The lowest BCUT2D eigenvalue weighted by Crippen LogP contribution is -2.39. The summed E-state index contributed by atoms with van der Waals surface area (Å²) in [5.74, 6) is 1.08. The van der Waals surface area contributed by atoms with Gasteiger partial charge in [0.2, 0.25) is 0 Å². The van der Waals surface area contributed by atoms with E-state index in [1.165, 1.54) is 12.8 Å². The zero-order chi connectivity index (χ0) is 10.7. The molecule has 3 nitrogen and oxygen atoms in total. The van der Waals surface area contributed by atoms with Crippen molar-refractivity contribution in [1.82, 2.24) is 4.98 Å². The van der Waals surface area contributed by atoms with E-state index in [9.17, 15) is 0 Å². The first-order chi connectivity index (χ1) is 7.29. The number of aryl methyl sites for hydroxylation is 1. The molecule has 0 saturated carbocycles. The Balaban J connectivity index is 2.09. The number of hydrogen-bond acceptors (Lipinski definition) is 3. The van der Waals surface area contributed by atoms with Gasteiger partial charge in [-0.2, -0.15) is 0 Å². The molecular formula is C12H18N2O. The molecule has 82 valence electrons. The van der Waals surface area contributed by atoms with Gasteiger partial charge >= 0.3 is 0 Å². The lowest BCUT2D eigenvalue weighted by atomic mass is 10.1. The molecule has 15 heavy (non-hydrogen) atoms. The number of methoxy groups -OCH3 is 1. The average Bonchev–Trinajstić information content (AvgIpc) is 2.29. The predicted molar refractivity (Wildman–Crippen MR) is 61.2 cm³/mol. The highest BCUT2D eigenvalue weighted by molar-refractivity contribution is 5.39. The van der Waals surface area contributed by atoms with Crippen LogP contribution >= 0.6 is 0 Å². The van der Waals surface area contributed by atoms with Crippen LogP contribution in [0.15, 0.2) is 18.2 Å². The Kier molecular flexibility index (Phi) is 3.21. The summed E-state index contributed by atoms with van der Waals surface area (Å²) in [5.41, 5.74) is 1.08. The number of pyridine rings is 1. The van der Waals surface area contributed by atoms with Gasteiger partial charge in [0.25, 0.3) is 0 Å². The second-order valence-electron chi connectivity index (χ2n) is 4.08. The van der Waals surface area contributed by atoms with Crippen LogP contribution in [0.1, 0.15) is 18.5 Å². The number of nitrogens with zero attached hydrogens (tertiary/aromatic N) is 2. The lowest BCUT2D eigenvalue weighted by molar-refractivity contribution is 0.0891. The molecule has 2 heterocycles. The minimum absolute atomic E-state index is 0.362. The Labute approximate surface area is 91.1 Å². The zero-order valence-electron chi connectivity index (χ0n) is 9.44. The van der Waals surface area contributed by atoms with Crippen molar-refractivity contribution >= 4 is 5.82 Å². The predicted octanol–water partition coefficient (Wildman–Crippen LogP) is 2.01. The zero-order valence-corrected chi connectivity index (χ0v) is 9.44. The molecule has 0 bridgehead atoms. The van der Waals surface area contributed by atoms with Crippen LogP contribution in [0.25, 0.3) is 0 Å². The maximum absolute atomic E-state index is 5.40. The summed E-state index contributed by atoms with van der Waals surface area (Å²) in [6.07, 6.45) is 2.72. The van der Waals surface area contributed by atoms with E-state index in [4.69, 9.17) is 4.74 Å². The molecule has 1 atom stereocenters. The number of aromatic nitrogens is 1. The van der Waals surface area contributed by atoms with Gasteiger partial charge in [-0.15, -0.1) is 0 Å². The van der Waals surface area contributed by atoms with Crippen molar-refractivity contribution in [2.75, 3.05) is 25.1 Å². The van der Waals surface area contributed by atoms with E-state index in [2.05, 4.69) is 22.0 Å². The second kappa shape index (κ2) is 4.62. The third-order valence-corrected chi connectivity index (χ3v) is 2.91. The molecule has 0 amide bonds. The molecule has 1 aliphatic rings. The maximum atomic E-state index is 5.40. The molecule has 0 N–H and O–H groups in total. The van der Waals surface area contributed by atoms with Gasteiger partial charge in [0.15, 0.2) is 0 Å². The normalized spacial score (nSPS) is 21.7. The molecule has 1 unspecified atom stereocenters. The van der Waals surface area contributed by atoms with E-state index in [1.54, 1.807) is 7.11 Å². The van der Waals surface area contributed by atoms with E-state index in [0.717, 1.165) is 24.6 Å². The van der Waals surface area contributed by atoms with Gasteiger partial charge in [0.05, 0.1) is 6.10 Å². The van der Waals surface area contributed by atoms with Crippen molar-refractivity contribution in [1.29, 1.82) is 0 Å². The summed E-state index contributed by atoms with van der Waals surface area (Å²) >= 11 is 0. The molecule has 1 aromatic heterocycles. The van der Waals surface area contributed by atoms with E-state index >= 15 is 0 Å². The highest BCUT2D eigenvalue weighted by Crippen LogP contribution is 2.19. The van der Waals surface area contributed by atoms with Gasteiger partial charge in [-0.25, -0.2) is 4.98 Å². The highest BCUT2D eigenvalue weighted by Gasteiger charge is 2.20. The second-order valence-corrected chi connectivity index (χ2v) is 4.08. The Morgan fingerprint density at radius 2 is 2.33 bits per heavy atom. The number of piperidine rings is 1. The van der Waals surface area contributed by atoms with Crippen LogP contribution < -0.4 is 4.90 Å². The molecule has 3 heteroatoms. The first-order valence-corrected chi connectivity index (χ1v) is 5.51. The van der Waals surface area contributed by atoms with E-state index in [1.807, 2.05) is 13.0 Å². The summed E-state index contributed by atoms with van der Waals surface area (Å²) in [4.78, 5) is 6.85. The van der Waals surface area contributed by atoms with Gasteiger partial charge < -0.3 is 9.64 Å². The minimum Gasteiger partial charge on any atom is -0.380 e. The van der Waals surface area contributed by atoms with Crippen LogP contribution in [0.4, 0.5) is 5.82 Å². The van der Waals surface area contributed by atoms with Gasteiger partial charge in [0.1, 0.15) is 5.82 Å². The Morgan fingerprint density at radius 3 is 3.07 bits per heavy atom. The highest BCUT2D eigenvalue weighted by atomic mass is 16.5. The topological polar surface area (TPSA) is 25.4 Å². The van der Waals surface area contributed by atoms with E-state index in [-0.39, 0.29) is 0 Å². The SMILES string of the molecule is COC1CCCN(c2cccc(C)n2)C1. The lowest BCUT2D eigenvalue weighted by Gasteiger charge is -2.32. The molecular weight excluding hydrogens is 188 g/mol. The van der Waals surface area contributed by atoms with Crippen LogP contribution in [-0.4, -0.2) is 31.3 Å². The van der Waals surface area contributed by atoms with Gasteiger partial charge in [-0.05, 0) is 31.9 Å². The smallest absolute Gasteiger partial charge is 0.128 e. The molecule has 1 aromatic rings. The van der Waals surface area contributed by atoms with Gasteiger partial charge in [-0.1, -0.05) is 6.07 Å². The van der Waals surface area contributed by atoms with Crippen molar-refractivity contribution in [3.63, 3.8) is 0 Å². The van der Waals surface area contributed by atoms with Gasteiger partial charge in [-0.3, -0.25) is 0 Å². The van der Waals surface area contributed by atoms with Crippen LogP contribution in [0, 0.1) is 6.92 Å². The Bertz CT molecular complexity index is 327. The number of hydrogen-bond donors (Lipinski definition) is 0. The van der Waals surface area contributed by atoms with E-state index < -0.39 is 0 Å². The van der Waals surface area contributed by atoms with Crippen LogP contribution in [0.3, 0.4) is 0 Å². The molecule has 0 aliphatic carbocycles. The molecule has 1 aliphatic heterocycles. The van der Waals surface area contributed by atoms with Gasteiger partial charge in [0, 0.05) is 25.9 Å². The fraction of sp³-hybridized carbons (Fsp3) is 0.583. The van der Waals surface area contributed by atoms with Crippen molar-refractivity contribution in [3.8, 4) is 0 Å². The fourth-order valence-electron chi connectivity index (χ4n) is 2.04. The summed E-state index contributed by atoms with van der Waals surface area (Å²) in [7, 11) is 1.79. The minimum atomic E-state index is 0.362. The van der Waals surface area contributed by atoms with Crippen molar-refractivity contribution in [2.24, 2.45) is 0 Å². The molecule has 1 fully saturated rings. The monoisotopic (exact) mass is 206 g/mol. The van der Waals surface area contributed by atoms with Crippen molar-refractivity contribution in [3.05, 3.63) is 23.9 Å². The summed E-state index contributed by atoms with van der Waals surface area (Å²) in [6, 6.07) is 6.17. The molecule has 0 aromatic carbocycles. The fourth-order valence-corrected chi connectivity index (χ4v) is 2.04. The van der Waals surface area contributed by atoms with Crippen LogP contribution in [0.2, 0.25) is 0 Å². The number of rotatable bonds is 2. The van der Waals surface area contributed by atoms with Crippen molar-refractivity contribution < 1.29 is 4.74 Å². The largest absolute Gasteiger partial charge is 0.380 e. The molecule has 0 spiro atoms. The third-order valence-electron chi connectivity index (χ3n) is 2.91. The number of ether oxygens (including phenoxy) is 1. The van der Waals surface area contributed by atoms with E-state index in [0.29, 0.717) is 6.10 Å². The maximum Gasteiger partial charge on any atom is 0.128 e. The first-order valence-electron chi connectivity index (χ1n) is 5.51. The Morgan fingerprint density at radius 1 is 1.47 bits per heavy atom. The first kappa shape index (κ1) is 10.4. The summed E-state index contributed by atoms with van der Waals surface area (Å²) in [6.45, 7) is 4.09. The molecule has 2 rings (SSSR count). The summed E-state index contributed by atoms with van der Waals surface area (Å²) < 4.78 is 5.40. The summed E-state index contributed by atoms with van der Waals surface area (Å²) in [5, 5.41) is 0. The number of anilines is 1. The van der Waals surface area contributed by atoms with Crippen molar-refractivity contribution in [2.45, 2.75) is 25.9 Å². The standard InChI is InChI=1S/C12H18N2O/c1-10-5-3-7-12(13-10)14-8-4-6-11(9-14)15-2/h3,5,7,11H,4,6,8-9H2,1-2H3.